The van der Waals surface area contributed by atoms with Crippen molar-refractivity contribution in [3.63, 3.8) is 0 Å². The fraction of sp³-hybridized carbons (Fsp3) is 0.900. The summed E-state index contributed by atoms with van der Waals surface area (Å²) in [4.78, 5) is 12.0. The lowest BCUT2D eigenvalue weighted by Gasteiger charge is -2.14. The van der Waals surface area contributed by atoms with Crippen LogP contribution in [-0.2, 0) is 4.79 Å². The second-order valence-electron chi connectivity index (χ2n) is 4.23. The normalized spacial score (nSPS) is 33.3. The third-order valence-corrected chi connectivity index (χ3v) is 4.26. The quantitative estimate of drug-likeness (QED) is 0.759. The van der Waals surface area contributed by atoms with Gasteiger partial charge in [0.1, 0.15) is 0 Å². The summed E-state index contributed by atoms with van der Waals surface area (Å²) in [6.07, 6.45) is 6.05. The monoisotopic (exact) mass is 245 g/mol. The minimum absolute atomic E-state index is 0.284. The second-order valence-corrected chi connectivity index (χ2v) is 5.40. The van der Waals surface area contributed by atoms with Crippen molar-refractivity contribution in [1.82, 2.24) is 5.32 Å². The average Bonchev–Trinajstić information content (AvgIpc) is 2.88. The Kier molecular flexibility index (Phi) is 2.92. The lowest BCUT2D eigenvalue weighted by Crippen LogP contribution is -2.31. The summed E-state index contributed by atoms with van der Waals surface area (Å²) >= 11 is 3.66. The van der Waals surface area contributed by atoms with Gasteiger partial charge in [0.2, 0.25) is 5.91 Å². The summed E-state index contributed by atoms with van der Waals surface area (Å²) in [7, 11) is 0. The zero-order valence-electron chi connectivity index (χ0n) is 7.76. The second kappa shape index (κ2) is 3.99. The third-order valence-electron chi connectivity index (χ3n) is 3.05. The topological polar surface area (TPSA) is 29.1 Å². The first-order chi connectivity index (χ1) is 6.27. The first-order valence-electron chi connectivity index (χ1n) is 5.19. The van der Waals surface area contributed by atoms with Gasteiger partial charge in [-0.05, 0) is 31.6 Å². The van der Waals surface area contributed by atoms with E-state index in [2.05, 4.69) is 21.2 Å². The van der Waals surface area contributed by atoms with E-state index in [4.69, 9.17) is 0 Å². The van der Waals surface area contributed by atoms with Crippen molar-refractivity contribution in [2.45, 2.75) is 36.9 Å². The summed E-state index contributed by atoms with van der Waals surface area (Å²) in [6.45, 7) is 0.880. The lowest BCUT2D eigenvalue weighted by molar-refractivity contribution is -0.122. The van der Waals surface area contributed by atoms with Gasteiger partial charge in [-0.15, -0.1) is 0 Å². The van der Waals surface area contributed by atoms with Gasteiger partial charge in [-0.25, -0.2) is 0 Å². The van der Waals surface area contributed by atoms with E-state index in [0.717, 1.165) is 19.4 Å². The number of hydrogen-bond donors (Lipinski definition) is 1. The van der Waals surface area contributed by atoms with Crippen LogP contribution < -0.4 is 5.32 Å². The minimum atomic E-state index is 0.284. The van der Waals surface area contributed by atoms with E-state index in [0.29, 0.717) is 16.7 Å². The Morgan fingerprint density at radius 2 is 2.08 bits per heavy atom. The molecule has 13 heavy (non-hydrogen) atoms. The van der Waals surface area contributed by atoms with Gasteiger partial charge in [0.25, 0.3) is 0 Å². The van der Waals surface area contributed by atoms with Crippen molar-refractivity contribution in [1.29, 1.82) is 0 Å². The van der Waals surface area contributed by atoms with Gasteiger partial charge in [-0.1, -0.05) is 22.4 Å². The predicted octanol–water partition coefficient (Wildman–Crippen LogP) is 2.08. The number of carbonyl (C=O) groups is 1. The summed E-state index contributed by atoms with van der Waals surface area (Å²) in [5, 5.41) is 3.05. The SMILES string of the molecule is O=C(NCC1CCCC1Br)C1CC1. The van der Waals surface area contributed by atoms with Gasteiger partial charge in [0.05, 0.1) is 0 Å². The maximum atomic E-state index is 11.3. The van der Waals surface area contributed by atoms with E-state index in [-0.39, 0.29) is 5.91 Å². The summed E-state index contributed by atoms with van der Waals surface area (Å²) in [5.41, 5.74) is 0. The molecule has 74 valence electrons. The molecule has 1 amide bonds. The molecular weight excluding hydrogens is 230 g/mol. The number of hydrogen-bond acceptors (Lipinski definition) is 1. The number of rotatable bonds is 3. The standard InChI is InChI=1S/C10H16BrNO/c11-9-3-1-2-8(9)6-12-10(13)7-4-5-7/h7-9H,1-6H2,(H,12,13). The van der Waals surface area contributed by atoms with Crippen LogP contribution in [0.3, 0.4) is 0 Å². The highest BCUT2D eigenvalue weighted by molar-refractivity contribution is 9.09. The van der Waals surface area contributed by atoms with Gasteiger partial charge in [0, 0.05) is 17.3 Å². The maximum Gasteiger partial charge on any atom is 0.223 e. The Labute approximate surface area is 87.6 Å². The molecule has 2 unspecified atom stereocenters. The number of alkyl halides is 1. The number of amides is 1. The molecule has 0 aromatic heterocycles. The number of nitrogens with one attached hydrogen (secondary N) is 1. The van der Waals surface area contributed by atoms with Gasteiger partial charge < -0.3 is 5.32 Å². The zero-order chi connectivity index (χ0) is 9.26. The van der Waals surface area contributed by atoms with Crippen molar-refractivity contribution >= 4 is 21.8 Å². The number of carbonyl (C=O) groups excluding carboxylic acids is 1. The van der Waals surface area contributed by atoms with Crippen LogP contribution in [0.5, 0.6) is 0 Å². The van der Waals surface area contributed by atoms with Crippen LogP contribution >= 0.6 is 15.9 Å². The Morgan fingerprint density at radius 3 is 2.62 bits per heavy atom. The molecule has 0 aliphatic heterocycles. The fourth-order valence-corrected chi connectivity index (χ4v) is 2.72. The molecule has 1 N–H and O–H groups in total. The predicted molar refractivity (Wildman–Crippen MR) is 55.8 cm³/mol. The summed E-state index contributed by atoms with van der Waals surface area (Å²) < 4.78 is 0. The van der Waals surface area contributed by atoms with Crippen LogP contribution in [0.4, 0.5) is 0 Å². The molecule has 0 bridgehead atoms. The molecule has 2 aliphatic rings. The highest BCUT2D eigenvalue weighted by Crippen LogP contribution is 2.32. The third kappa shape index (κ3) is 2.46. The minimum Gasteiger partial charge on any atom is -0.356 e. The van der Waals surface area contributed by atoms with Crippen LogP contribution in [0.2, 0.25) is 0 Å². The van der Waals surface area contributed by atoms with Gasteiger partial charge in [-0.3, -0.25) is 4.79 Å². The van der Waals surface area contributed by atoms with Crippen LogP contribution in [0.1, 0.15) is 32.1 Å². The molecule has 0 spiro atoms. The first-order valence-corrected chi connectivity index (χ1v) is 6.10. The molecule has 0 radical (unpaired) electrons. The van der Waals surface area contributed by atoms with Crippen molar-refractivity contribution in [2.75, 3.05) is 6.54 Å². The van der Waals surface area contributed by atoms with Crippen LogP contribution in [0.15, 0.2) is 0 Å². The molecule has 2 saturated carbocycles. The van der Waals surface area contributed by atoms with E-state index < -0.39 is 0 Å². The Bertz CT molecular complexity index is 203. The zero-order valence-corrected chi connectivity index (χ0v) is 9.35. The lowest BCUT2D eigenvalue weighted by atomic mass is 10.1. The van der Waals surface area contributed by atoms with E-state index in [1.54, 1.807) is 0 Å². The number of halogens is 1. The smallest absolute Gasteiger partial charge is 0.223 e. The van der Waals surface area contributed by atoms with E-state index in [1.165, 1.54) is 19.3 Å². The largest absolute Gasteiger partial charge is 0.356 e. The van der Waals surface area contributed by atoms with E-state index >= 15 is 0 Å². The van der Waals surface area contributed by atoms with Crippen molar-refractivity contribution in [3.8, 4) is 0 Å². The Morgan fingerprint density at radius 1 is 1.31 bits per heavy atom. The van der Waals surface area contributed by atoms with E-state index in [9.17, 15) is 4.79 Å². The maximum absolute atomic E-state index is 11.3. The summed E-state index contributed by atoms with van der Waals surface area (Å²) in [6, 6.07) is 0. The molecule has 0 aromatic rings. The van der Waals surface area contributed by atoms with Crippen molar-refractivity contribution in [3.05, 3.63) is 0 Å². The van der Waals surface area contributed by atoms with Crippen molar-refractivity contribution < 1.29 is 4.79 Å². The molecule has 2 fully saturated rings. The van der Waals surface area contributed by atoms with Gasteiger partial charge in [-0.2, -0.15) is 0 Å². The molecule has 2 nitrogen and oxygen atoms in total. The van der Waals surface area contributed by atoms with Crippen LogP contribution in [0.25, 0.3) is 0 Å². The Balaban J connectivity index is 1.68. The van der Waals surface area contributed by atoms with Crippen molar-refractivity contribution in [2.24, 2.45) is 11.8 Å². The van der Waals surface area contributed by atoms with Crippen LogP contribution in [0, 0.1) is 11.8 Å². The average molecular weight is 246 g/mol. The molecule has 0 aromatic carbocycles. The fourth-order valence-electron chi connectivity index (χ4n) is 1.94. The highest BCUT2D eigenvalue weighted by atomic mass is 79.9. The van der Waals surface area contributed by atoms with Gasteiger partial charge in [0.15, 0.2) is 0 Å². The van der Waals surface area contributed by atoms with Gasteiger partial charge >= 0.3 is 0 Å². The molecule has 0 heterocycles. The van der Waals surface area contributed by atoms with Crippen LogP contribution in [-0.4, -0.2) is 17.3 Å². The molecule has 2 atom stereocenters. The first kappa shape index (κ1) is 9.50. The summed E-state index contributed by atoms with van der Waals surface area (Å²) in [5.74, 6) is 1.31. The molecule has 0 saturated heterocycles. The Hall–Kier alpha value is -0.0500. The molecular formula is C10H16BrNO. The molecule has 2 aliphatic carbocycles. The van der Waals surface area contributed by atoms with E-state index in [1.807, 2.05) is 0 Å². The molecule has 2 rings (SSSR count). The molecule has 3 heteroatoms. The highest BCUT2D eigenvalue weighted by Gasteiger charge is 2.31.